The van der Waals surface area contributed by atoms with Crippen LogP contribution in [0.5, 0.6) is 5.88 Å². The number of hydrogen-bond donors (Lipinski definition) is 1. The zero-order valence-electron chi connectivity index (χ0n) is 19.9. The van der Waals surface area contributed by atoms with Crippen molar-refractivity contribution in [1.82, 2.24) is 25.1 Å². The molecule has 8 nitrogen and oxygen atoms in total. The van der Waals surface area contributed by atoms with Crippen LogP contribution in [-0.4, -0.2) is 78.3 Å². The molecular weight excluding hydrogens is 418 g/mol. The predicted molar refractivity (Wildman–Crippen MR) is 127 cm³/mol. The van der Waals surface area contributed by atoms with Gasteiger partial charge in [0.15, 0.2) is 0 Å². The third-order valence-corrected chi connectivity index (χ3v) is 6.59. The number of methoxy groups -OCH3 is 1. The Kier molecular flexibility index (Phi) is 7.45. The summed E-state index contributed by atoms with van der Waals surface area (Å²) in [4.78, 5) is 26.6. The number of benzene rings is 1. The van der Waals surface area contributed by atoms with E-state index >= 15 is 0 Å². The Bertz CT molecular complexity index is 926. The van der Waals surface area contributed by atoms with Crippen LogP contribution in [0, 0.1) is 0 Å². The lowest BCUT2D eigenvalue weighted by Gasteiger charge is -2.35. The van der Waals surface area contributed by atoms with E-state index in [1.165, 1.54) is 0 Å². The molecule has 1 N–H and O–H groups in total. The summed E-state index contributed by atoms with van der Waals surface area (Å²) in [5.74, 6) is 0.501. The molecule has 4 heterocycles. The summed E-state index contributed by atoms with van der Waals surface area (Å²) in [5, 5.41) is 3.28. The van der Waals surface area contributed by atoms with Crippen molar-refractivity contribution in [3.63, 3.8) is 0 Å². The lowest BCUT2D eigenvalue weighted by molar-refractivity contribution is 0.161. The molecular formula is C25H35N5O3. The maximum Gasteiger partial charge on any atom is 0.318 e. The molecule has 3 aliphatic rings. The summed E-state index contributed by atoms with van der Waals surface area (Å²) >= 11 is 0. The number of aromatic nitrogens is 2. The van der Waals surface area contributed by atoms with E-state index in [1.807, 2.05) is 36.9 Å². The van der Waals surface area contributed by atoms with Crippen LogP contribution < -0.4 is 10.1 Å². The van der Waals surface area contributed by atoms with E-state index < -0.39 is 5.54 Å². The van der Waals surface area contributed by atoms with Crippen LogP contribution in [0.15, 0.2) is 36.7 Å². The number of rotatable bonds is 8. The minimum Gasteiger partial charge on any atom is -0.476 e. The van der Waals surface area contributed by atoms with Crippen LogP contribution in [0.2, 0.25) is 0 Å². The first-order valence-electron chi connectivity index (χ1n) is 11.8. The first-order chi connectivity index (χ1) is 16.0. The monoisotopic (exact) mass is 453 g/mol. The summed E-state index contributed by atoms with van der Waals surface area (Å²) in [6.45, 7) is 9.24. The number of ether oxygens (including phenoxy) is 2. The molecule has 3 saturated heterocycles. The van der Waals surface area contributed by atoms with Crippen molar-refractivity contribution in [2.75, 3.05) is 46.5 Å². The van der Waals surface area contributed by atoms with Gasteiger partial charge in [-0.15, -0.1) is 0 Å². The quantitative estimate of drug-likeness (QED) is 0.618. The Morgan fingerprint density at radius 2 is 1.94 bits per heavy atom. The lowest BCUT2D eigenvalue weighted by atomic mass is 9.92. The molecule has 0 atom stereocenters. The molecule has 0 spiro atoms. The number of urea groups is 1. The van der Waals surface area contributed by atoms with E-state index in [2.05, 4.69) is 26.3 Å². The highest BCUT2D eigenvalue weighted by Gasteiger charge is 2.34. The number of amides is 2. The van der Waals surface area contributed by atoms with Gasteiger partial charge in [-0.1, -0.05) is 18.2 Å². The number of nitrogens with one attached hydrogen (secondary N) is 1. The molecule has 2 bridgehead atoms. The smallest absolute Gasteiger partial charge is 0.318 e. The maximum absolute atomic E-state index is 13.2. The van der Waals surface area contributed by atoms with Gasteiger partial charge in [-0.25, -0.2) is 14.8 Å². The second-order valence-electron chi connectivity index (χ2n) is 9.34. The van der Waals surface area contributed by atoms with Gasteiger partial charge in [-0.05, 0) is 38.3 Å². The molecule has 0 unspecified atom stereocenters. The molecule has 0 saturated carbocycles. The third-order valence-electron chi connectivity index (χ3n) is 6.59. The van der Waals surface area contributed by atoms with Crippen LogP contribution in [-0.2, 0) is 10.3 Å². The van der Waals surface area contributed by atoms with Gasteiger partial charge in [-0.3, -0.25) is 0 Å². The first kappa shape index (κ1) is 23.4. The van der Waals surface area contributed by atoms with Crippen LogP contribution in [0.3, 0.4) is 0 Å². The van der Waals surface area contributed by atoms with Crippen LogP contribution in [0.4, 0.5) is 4.79 Å². The molecule has 5 rings (SSSR count). The number of nitrogens with zero attached hydrogens (tertiary/aromatic N) is 4. The Morgan fingerprint density at radius 1 is 1.12 bits per heavy atom. The van der Waals surface area contributed by atoms with Crippen molar-refractivity contribution in [3.05, 3.63) is 42.2 Å². The molecule has 33 heavy (non-hydrogen) atoms. The first-order valence-corrected chi connectivity index (χ1v) is 11.8. The number of fused-ring (bicyclic) bond motifs is 4. The van der Waals surface area contributed by atoms with Crippen molar-refractivity contribution in [1.29, 1.82) is 0 Å². The zero-order valence-corrected chi connectivity index (χ0v) is 19.9. The Morgan fingerprint density at radius 3 is 2.67 bits per heavy atom. The largest absolute Gasteiger partial charge is 0.476 e. The van der Waals surface area contributed by atoms with E-state index in [0.717, 1.165) is 62.3 Å². The highest BCUT2D eigenvalue weighted by atomic mass is 16.5. The Balaban J connectivity index is 1.42. The van der Waals surface area contributed by atoms with Gasteiger partial charge in [0.25, 0.3) is 0 Å². The molecule has 1 aromatic carbocycles. The number of carbonyl (C=O) groups excluding carboxylic acids is 1. The van der Waals surface area contributed by atoms with Gasteiger partial charge in [0, 0.05) is 57.9 Å². The fourth-order valence-electron chi connectivity index (χ4n) is 4.55. The lowest BCUT2D eigenvalue weighted by Crippen LogP contribution is -2.52. The van der Waals surface area contributed by atoms with Gasteiger partial charge < -0.3 is 24.6 Å². The summed E-state index contributed by atoms with van der Waals surface area (Å²) < 4.78 is 10.6. The van der Waals surface area contributed by atoms with E-state index in [4.69, 9.17) is 9.47 Å². The van der Waals surface area contributed by atoms with Crippen molar-refractivity contribution in [3.8, 4) is 17.1 Å². The normalized spacial score (nSPS) is 20.4. The molecule has 3 fully saturated rings. The minimum atomic E-state index is -0.518. The summed E-state index contributed by atoms with van der Waals surface area (Å²) in [6, 6.07) is 8.49. The fourth-order valence-corrected chi connectivity index (χ4v) is 4.55. The second kappa shape index (κ2) is 10.5. The van der Waals surface area contributed by atoms with Gasteiger partial charge >= 0.3 is 6.03 Å². The Hall–Kier alpha value is -2.71. The van der Waals surface area contributed by atoms with Gasteiger partial charge in [0.2, 0.25) is 5.88 Å². The Labute approximate surface area is 196 Å². The number of carbonyl (C=O) groups is 1. The SMILES string of the molecule is COCCCOc1cnc(-c2cccc(C(C)(C)NC(=O)N3CCN4CCC3CC4)c2)cn1. The van der Waals surface area contributed by atoms with Crippen molar-refractivity contribution in [2.45, 2.75) is 44.7 Å². The summed E-state index contributed by atoms with van der Waals surface area (Å²) in [5.41, 5.74) is 2.23. The average Bonchev–Trinajstić information content (AvgIpc) is 3.16. The molecule has 3 aliphatic heterocycles. The molecule has 1 aromatic heterocycles. The van der Waals surface area contributed by atoms with Crippen LogP contribution >= 0.6 is 0 Å². The van der Waals surface area contributed by atoms with Crippen LogP contribution in [0.25, 0.3) is 11.3 Å². The predicted octanol–water partition coefficient (Wildman–Crippen LogP) is 3.28. The van der Waals surface area contributed by atoms with Crippen molar-refractivity contribution >= 4 is 6.03 Å². The summed E-state index contributed by atoms with van der Waals surface area (Å²) in [7, 11) is 1.67. The highest BCUT2D eigenvalue weighted by Crippen LogP contribution is 2.27. The standard InChI is InChI=1S/C25H35N5O3/c1-25(2,28-24(31)30-13-12-29-10-8-21(30)9-11-29)20-7-4-6-19(16-20)22-17-27-23(18-26-22)33-15-5-14-32-3/h4,6-7,16-18,21H,5,8-15H2,1-3H3,(H,28,31). The second-order valence-corrected chi connectivity index (χ2v) is 9.34. The maximum atomic E-state index is 13.2. The topological polar surface area (TPSA) is 79.8 Å². The van der Waals surface area contributed by atoms with Gasteiger partial charge in [-0.2, -0.15) is 0 Å². The van der Waals surface area contributed by atoms with E-state index in [0.29, 0.717) is 25.1 Å². The van der Waals surface area contributed by atoms with Gasteiger partial charge in [0.1, 0.15) is 0 Å². The van der Waals surface area contributed by atoms with E-state index in [-0.39, 0.29) is 6.03 Å². The number of hydrogen-bond acceptors (Lipinski definition) is 6. The molecule has 0 radical (unpaired) electrons. The van der Waals surface area contributed by atoms with Gasteiger partial charge in [0.05, 0.1) is 30.2 Å². The van der Waals surface area contributed by atoms with Crippen molar-refractivity contribution < 1.29 is 14.3 Å². The molecule has 2 aromatic rings. The molecule has 2 amide bonds. The molecule has 178 valence electrons. The minimum absolute atomic E-state index is 0.0221. The molecule has 0 aliphatic carbocycles. The van der Waals surface area contributed by atoms with Crippen molar-refractivity contribution in [2.24, 2.45) is 0 Å². The molecule has 8 heteroatoms. The van der Waals surface area contributed by atoms with E-state index in [1.54, 1.807) is 19.5 Å². The highest BCUT2D eigenvalue weighted by molar-refractivity contribution is 5.76. The van der Waals surface area contributed by atoms with Crippen LogP contribution in [0.1, 0.15) is 38.7 Å². The van der Waals surface area contributed by atoms with E-state index in [9.17, 15) is 4.79 Å². The number of piperidine rings is 1. The average molecular weight is 454 g/mol. The zero-order chi connectivity index (χ0) is 23.3. The summed E-state index contributed by atoms with van der Waals surface area (Å²) in [6.07, 6.45) is 6.30. The third kappa shape index (κ3) is 5.81. The fraction of sp³-hybridized carbons (Fsp3) is 0.560.